The van der Waals surface area contributed by atoms with Crippen molar-refractivity contribution in [3.05, 3.63) is 53.3 Å². The van der Waals surface area contributed by atoms with E-state index in [4.69, 9.17) is 0 Å². The molecule has 2 heterocycles. The highest BCUT2D eigenvalue weighted by atomic mass is 16.2. The van der Waals surface area contributed by atoms with Gasteiger partial charge in [-0.05, 0) is 36.1 Å². The number of benzene rings is 1. The van der Waals surface area contributed by atoms with Crippen LogP contribution >= 0.6 is 0 Å². The number of aromatic nitrogens is 1. The Labute approximate surface area is 142 Å². The smallest absolute Gasteiger partial charge is 0.234 e. The van der Waals surface area contributed by atoms with Crippen LogP contribution in [-0.4, -0.2) is 16.8 Å². The molecule has 1 aromatic carbocycles. The van der Waals surface area contributed by atoms with E-state index in [1.165, 1.54) is 0 Å². The van der Waals surface area contributed by atoms with Crippen LogP contribution in [0, 0.1) is 5.92 Å². The Kier molecular flexibility index (Phi) is 4.81. The van der Waals surface area contributed by atoms with Crippen LogP contribution in [0.5, 0.6) is 0 Å². The van der Waals surface area contributed by atoms with Crippen molar-refractivity contribution < 1.29 is 9.59 Å². The minimum atomic E-state index is 0.0355. The maximum absolute atomic E-state index is 11.4. The molecule has 5 heteroatoms. The van der Waals surface area contributed by atoms with Crippen LogP contribution in [0.1, 0.15) is 54.3 Å². The number of carbonyl (C=O) groups is 2. The van der Waals surface area contributed by atoms with Crippen LogP contribution in [0.15, 0.2) is 36.5 Å². The van der Waals surface area contributed by atoms with E-state index in [0.717, 1.165) is 41.6 Å². The number of nitrogens with one attached hydrogen (secondary N) is 2. The maximum Gasteiger partial charge on any atom is 0.234 e. The molecule has 1 aromatic heterocycles. The monoisotopic (exact) mass is 325 g/mol. The maximum atomic E-state index is 11.4. The molecule has 126 valence electrons. The summed E-state index contributed by atoms with van der Waals surface area (Å²) in [5, 5.41) is 0. The zero-order valence-corrected chi connectivity index (χ0v) is 14.1. The van der Waals surface area contributed by atoms with Crippen LogP contribution in [-0.2, 0) is 11.2 Å². The molecule has 2 atom stereocenters. The first-order valence-electron chi connectivity index (χ1n) is 8.44. The van der Waals surface area contributed by atoms with Crippen LogP contribution in [0.25, 0.3) is 5.69 Å². The summed E-state index contributed by atoms with van der Waals surface area (Å²) in [7, 11) is 0. The molecule has 1 saturated heterocycles. The number of hydrogen-bond acceptors (Lipinski definition) is 3. The normalized spacial score (nSPS) is 20.7. The topological polar surface area (TPSA) is 63.1 Å². The molecule has 2 unspecified atom stereocenters. The van der Waals surface area contributed by atoms with E-state index in [-0.39, 0.29) is 17.9 Å². The van der Waals surface area contributed by atoms with Crippen molar-refractivity contribution in [1.29, 1.82) is 0 Å². The van der Waals surface area contributed by atoms with Crippen LogP contribution < -0.4 is 10.9 Å². The highest BCUT2D eigenvalue weighted by molar-refractivity contribution is 5.77. The Morgan fingerprint density at radius 2 is 2.00 bits per heavy atom. The fraction of sp³-hybridized carbons (Fsp3) is 0.368. The summed E-state index contributed by atoms with van der Waals surface area (Å²) in [6, 6.07) is 10.3. The highest BCUT2D eigenvalue weighted by Gasteiger charge is 2.26. The predicted octanol–water partition coefficient (Wildman–Crippen LogP) is 2.94. The van der Waals surface area contributed by atoms with Gasteiger partial charge in [-0.15, -0.1) is 0 Å². The van der Waals surface area contributed by atoms with Crippen molar-refractivity contribution in [2.45, 2.75) is 39.2 Å². The molecule has 0 aliphatic carbocycles. The minimum absolute atomic E-state index is 0.0355. The third-order valence-corrected chi connectivity index (χ3v) is 4.61. The number of carbonyl (C=O) groups excluding carboxylic acids is 2. The molecule has 1 aliphatic rings. The van der Waals surface area contributed by atoms with Gasteiger partial charge < -0.3 is 4.57 Å². The molecule has 0 bridgehead atoms. The zero-order chi connectivity index (χ0) is 17.1. The lowest BCUT2D eigenvalue weighted by Gasteiger charge is -2.30. The molecule has 2 N–H and O–H groups in total. The first-order valence-corrected chi connectivity index (χ1v) is 8.44. The van der Waals surface area contributed by atoms with Gasteiger partial charge in [0.2, 0.25) is 5.91 Å². The summed E-state index contributed by atoms with van der Waals surface area (Å²) in [4.78, 5) is 22.6. The first kappa shape index (κ1) is 16.5. The number of hydrazine groups is 1. The molecular weight excluding hydrogens is 302 g/mol. The van der Waals surface area contributed by atoms with Gasteiger partial charge in [0, 0.05) is 29.6 Å². The average Bonchev–Trinajstić information content (AvgIpc) is 2.98. The van der Waals surface area contributed by atoms with E-state index in [9.17, 15) is 9.59 Å². The van der Waals surface area contributed by atoms with Gasteiger partial charge in [0.1, 0.15) is 0 Å². The summed E-state index contributed by atoms with van der Waals surface area (Å²) in [6.07, 6.45) is 5.26. The fourth-order valence-electron chi connectivity index (χ4n) is 3.35. The Bertz CT molecular complexity index is 734. The standard InChI is InChI=1S/C19H23N3O2/c1-3-4-17-15(12-23)9-10-22(17)16-7-5-14(6-8-16)19-13(2)11-18(24)20-21-19/h5-10,12-13,19,21H,3-4,11H2,1-2H3,(H,20,24). The van der Waals surface area contributed by atoms with E-state index in [2.05, 4.69) is 53.5 Å². The summed E-state index contributed by atoms with van der Waals surface area (Å²) in [5.74, 6) is 0.279. The van der Waals surface area contributed by atoms with E-state index >= 15 is 0 Å². The van der Waals surface area contributed by atoms with Gasteiger partial charge in [-0.2, -0.15) is 0 Å². The van der Waals surface area contributed by atoms with E-state index in [1.807, 2.05) is 12.3 Å². The zero-order valence-electron chi connectivity index (χ0n) is 14.1. The van der Waals surface area contributed by atoms with Crippen molar-refractivity contribution in [1.82, 2.24) is 15.4 Å². The predicted molar refractivity (Wildman–Crippen MR) is 93.0 cm³/mol. The van der Waals surface area contributed by atoms with Gasteiger partial charge in [-0.25, -0.2) is 5.43 Å². The quantitative estimate of drug-likeness (QED) is 0.831. The number of nitrogens with zero attached hydrogens (tertiary/aromatic N) is 1. The molecule has 1 aliphatic heterocycles. The lowest BCUT2D eigenvalue weighted by atomic mass is 9.91. The second-order valence-electron chi connectivity index (χ2n) is 6.40. The SMILES string of the molecule is CCCc1c(C=O)ccn1-c1ccc(C2NNC(=O)CC2C)cc1. The largest absolute Gasteiger partial charge is 0.320 e. The lowest BCUT2D eigenvalue weighted by Crippen LogP contribution is -2.48. The van der Waals surface area contributed by atoms with E-state index < -0.39 is 0 Å². The van der Waals surface area contributed by atoms with Crippen molar-refractivity contribution in [2.75, 3.05) is 0 Å². The lowest BCUT2D eigenvalue weighted by molar-refractivity contribution is -0.125. The van der Waals surface area contributed by atoms with Crippen molar-refractivity contribution in [2.24, 2.45) is 5.92 Å². The summed E-state index contributed by atoms with van der Waals surface area (Å²) < 4.78 is 2.08. The van der Waals surface area contributed by atoms with Gasteiger partial charge in [-0.3, -0.25) is 15.0 Å². The van der Waals surface area contributed by atoms with Gasteiger partial charge in [0.05, 0.1) is 6.04 Å². The van der Waals surface area contributed by atoms with Crippen molar-refractivity contribution in [3.8, 4) is 5.69 Å². The van der Waals surface area contributed by atoms with Crippen LogP contribution in [0.2, 0.25) is 0 Å². The van der Waals surface area contributed by atoms with Gasteiger partial charge >= 0.3 is 0 Å². The summed E-state index contributed by atoms with van der Waals surface area (Å²) in [6.45, 7) is 4.19. The van der Waals surface area contributed by atoms with Gasteiger partial charge in [-0.1, -0.05) is 32.4 Å². The Hall–Kier alpha value is -2.40. The molecule has 3 rings (SSSR count). The first-order chi connectivity index (χ1) is 11.6. The molecule has 0 spiro atoms. The summed E-state index contributed by atoms with van der Waals surface area (Å²) >= 11 is 0. The third-order valence-electron chi connectivity index (χ3n) is 4.61. The Morgan fingerprint density at radius 3 is 2.62 bits per heavy atom. The minimum Gasteiger partial charge on any atom is -0.320 e. The van der Waals surface area contributed by atoms with Gasteiger partial charge in [0.25, 0.3) is 0 Å². The van der Waals surface area contributed by atoms with Crippen molar-refractivity contribution >= 4 is 12.2 Å². The van der Waals surface area contributed by atoms with Crippen molar-refractivity contribution in [3.63, 3.8) is 0 Å². The third kappa shape index (κ3) is 3.12. The molecule has 0 saturated carbocycles. The second kappa shape index (κ2) is 7.01. The highest BCUT2D eigenvalue weighted by Crippen LogP contribution is 2.27. The molecule has 24 heavy (non-hydrogen) atoms. The number of rotatable bonds is 5. The fourth-order valence-corrected chi connectivity index (χ4v) is 3.35. The Balaban J connectivity index is 1.86. The van der Waals surface area contributed by atoms with Crippen LogP contribution in [0.3, 0.4) is 0 Å². The molecule has 1 amide bonds. The average molecular weight is 325 g/mol. The molecule has 1 fully saturated rings. The Morgan fingerprint density at radius 1 is 1.25 bits per heavy atom. The van der Waals surface area contributed by atoms with Crippen LogP contribution in [0.4, 0.5) is 0 Å². The summed E-state index contributed by atoms with van der Waals surface area (Å²) in [5.41, 5.74) is 9.79. The molecule has 2 aromatic rings. The van der Waals surface area contributed by atoms with E-state index in [0.29, 0.717) is 6.42 Å². The number of amides is 1. The number of hydrogen-bond donors (Lipinski definition) is 2. The molecule has 5 nitrogen and oxygen atoms in total. The van der Waals surface area contributed by atoms with E-state index in [1.54, 1.807) is 0 Å². The second-order valence-corrected chi connectivity index (χ2v) is 6.40. The van der Waals surface area contributed by atoms with Gasteiger partial charge in [0.15, 0.2) is 6.29 Å². The molecule has 0 radical (unpaired) electrons. The molecular formula is C19H23N3O2. The number of aldehydes is 1.